The number of rotatable bonds is 5. The Labute approximate surface area is 114 Å². The number of fused-ring (bicyclic) bond motifs is 1. The van der Waals surface area contributed by atoms with Gasteiger partial charge in [-0.05, 0) is 61.8 Å². The van der Waals surface area contributed by atoms with E-state index < -0.39 is 0 Å². The molecule has 0 saturated heterocycles. The molecule has 0 aliphatic heterocycles. The van der Waals surface area contributed by atoms with E-state index in [1.165, 1.54) is 17.5 Å². The molecule has 0 radical (unpaired) electrons. The van der Waals surface area contributed by atoms with Crippen LogP contribution in [0.1, 0.15) is 49.7 Å². The number of Topliss-reactive ketones (excluding diaryl/α,β-unsaturated/α-hetero) is 1. The van der Waals surface area contributed by atoms with Crippen molar-refractivity contribution >= 4 is 5.78 Å². The number of hydrogen-bond donors (Lipinski definition) is 0. The summed E-state index contributed by atoms with van der Waals surface area (Å²) in [7, 11) is 3.33. The van der Waals surface area contributed by atoms with Gasteiger partial charge in [-0.25, -0.2) is 0 Å². The Morgan fingerprint density at radius 1 is 1.26 bits per heavy atom. The number of carbonyl (C=O) groups excluding carboxylic acids is 1. The van der Waals surface area contributed by atoms with Gasteiger partial charge in [0.25, 0.3) is 0 Å². The molecule has 0 unspecified atom stereocenters. The molecule has 1 aromatic rings. The zero-order valence-electron chi connectivity index (χ0n) is 12.0. The molecule has 0 heterocycles. The van der Waals surface area contributed by atoms with E-state index in [9.17, 15) is 4.79 Å². The maximum absolute atomic E-state index is 11.2. The van der Waals surface area contributed by atoms with Crippen molar-refractivity contribution in [3.05, 3.63) is 23.3 Å². The van der Waals surface area contributed by atoms with Crippen LogP contribution in [0.25, 0.3) is 0 Å². The fourth-order valence-corrected chi connectivity index (χ4v) is 2.91. The first-order valence-electron chi connectivity index (χ1n) is 6.90. The van der Waals surface area contributed by atoms with Gasteiger partial charge in [0.1, 0.15) is 5.78 Å². The highest BCUT2D eigenvalue weighted by Crippen LogP contribution is 2.40. The molecule has 0 bridgehead atoms. The Morgan fingerprint density at radius 2 is 1.95 bits per heavy atom. The molecule has 0 aromatic heterocycles. The summed E-state index contributed by atoms with van der Waals surface area (Å²) >= 11 is 0. The second-order valence-electron chi connectivity index (χ2n) is 5.24. The smallest absolute Gasteiger partial charge is 0.161 e. The van der Waals surface area contributed by atoms with Gasteiger partial charge in [0.15, 0.2) is 11.5 Å². The van der Waals surface area contributed by atoms with Crippen molar-refractivity contribution in [2.75, 3.05) is 14.2 Å². The minimum Gasteiger partial charge on any atom is -0.493 e. The van der Waals surface area contributed by atoms with E-state index in [0.29, 0.717) is 12.3 Å². The third-order valence-electron chi connectivity index (χ3n) is 3.93. The number of hydrogen-bond acceptors (Lipinski definition) is 3. The van der Waals surface area contributed by atoms with E-state index in [1.807, 2.05) is 0 Å². The van der Waals surface area contributed by atoms with Crippen LogP contribution < -0.4 is 9.47 Å². The lowest BCUT2D eigenvalue weighted by Gasteiger charge is -2.26. The van der Waals surface area contributed by atoms with Crippen molar-refractivity contribution in [1.82, 2.24) is 0 Å². The van der Waals surface area contributed by atoms with E-state index in [0.717, 1.165) is 30.8 Å². The van der Waals surface area contributed by atoms with Crippen LogP contribution in [0.4, 0.5) is 0 Å². The normalized spacial score (nSPS) is 17.7. The first-order valence-corrected chi connectivity index (χ1v) is 6.90. The molecule has 2 rings (SSSR count). The zero-order valence-corrected chi connectivity index (χ0v) is 12.0. The Morgan fingerprint density at radius 3 is 2.58 bits per heavy atom. The van der Waals surface area contributed by atoms with Crippen LogP contribution in [0.5, 0.6) is 11.5 Å². The van der Waals surface area contributed by atoms with E-state index in [2.05, 4.69) is 12.1 Å². The molecule has 19 heavy (non-hydrogen) atoms. The molecular formula is C16H22O3. The van der Waals surface area contributed by atoms with Crippen molar-refractivity contribution < 1.29 is 14.3 Å². The van der Waals surface area contributed by atoms with Crippen LogP contribution in [0.3, 0.4) is 0 Å². The summed E-state index contributed by atoms with van der Waals surface area (Å²) < 4.78 is 10.7. The molecule has 1 aromatic carbocycles. The van der Waals surface area contributed by atoms with Crippen molar-refractivity contribution in [3.8, 4) is 11.5 Å². The molecule has 104 valence electrons. The minimum absolute atomic E-state index is 0.271. The summed E-state index contributed by atoms with van der Waals surface area (Å²) in [4.78, 5) is 11.2. The predicted octanol–water partition coefficient (Wildman–Crippen LogP) is 3.49. The monoisotopic (exact) mass is 262 g/mol. The molecule has 0 N–H and O–H groups in total. The van der Waals surface area contributed by atoms with Crippen LogP contribution in [-0.2, 0) is 11.2 Å². The highest BCUT2D eigenvalue weighted by Gasteiger charge is 2.23. The Bertz CT molecular complexity index is 465. The van der Waals surface area contributed by atoms with Gasteiger partial charge in [0.2, 0.25) is 0 Å². The molecule has 3 nitrogen and oxygen atoms in total. The Hall–Kier alpha value is -1.51. The van der Waals surface area contributed by atoms with E-state index in [4.69, 9.17) is 9.47 Å². The quantitative estimate of drug-likeness (QED) is 0.814. The van der Waals surface area contributed by atoms with Gasteiger partial charge >= 0.3 is 0 Å². The fraction of sp³-hybridized carbons (Fsp3) is 0.562. The SMILES string of the molecule is COc1cc2c(cc1OC)[C@H](CCC(C)=O)CCC2. The third kappa shape index (κ3) is 3.09. The van der Waals surface area contributed by atoms with E-state index in [1.54, 1.807) is 21.1 Å². The van der Waals surface area contributed by atoms with Gasteiger partial charge in [-0.1, -0.05) is 0 Å². The first-order chi connectivity index (χ1) is 9.15. The highest BCUT2D eigenvalue weighted by molar-refractivity contribution is 5.75. The summed E-state index contributed by atoms with van der Waals surface area (Å²) in [5.41, 5.74) is 2.68. The zero-order chi connectivity index (χ0) is 13.8. The van der Waals surface area contributed by atoms with Gasteiger partial charge in [-0.3, -0.25) is 0 Å². The van der Waals surface area contributed by atoms with Gasteiger partial charge in [0, 0.05) is 6.42 Å². The van der Waals surface area contributed by atoms with E-state index in [-0.39, 0.29) is 5.78 Å². The van der Waals surface area contributed by atoms with Crippen molar-refractivity contribution in [1.29, 1.82) is 0 Å². The Balaban J connectivity index is 2.29. The molecule has 0 fully saturated rings. The fourth-order valence-electron chi connectivity index (χ4n) is 2.91. The first kappa shape index (κ1) is 13.9. The van der Waals surface area contributed by atoms with Crippen LogP contribution in [0.2, 0.25) is 0 Å². The molecule has 3 heteroatoms. The lowest BCUT2D eigenvalue weighted by Crippen LogP contribution is -2.11. The summed E-state index contributed by atoms with van der Waals surface area (Å²) in [6, 6.07) is 4.19. The number of benzene rings is 1. The van der Waals surface area contributed by atoms with Crippen LogP contribution in [0.15, 0.2) is 12.1 Å². The standard InChI is InChI=1S/C16H22O3/c1-11(17)7-8-12-5-4-6-13-9-15(18-2)16(19-3)10-14(12)13/h9-10,12H,4-8H2,1-3H3/t12-/m0/s1. The van der Waals surface area contributed by atoms with Gasteiger partial charge in [-0.2, -0.15) is 0 Å². The number of carbonyl (C=O) groups is 1. The largest absolute Gasteiger partial charge is 0.493 e. The average Bonchev–Trinajstić information content (AvgIpc) is 2.43. The number of methoxy groups -OCH3 is 2. The maximum atomic E-state index is 11.2. The summed E-state index contributed by atoms with van der Waals surface area (Å²) in [5, 5.41) is 0. The topological polar surface area (TPSA) is 35.5 Å². The molecule has 0 spiro atoms. The van der Waals surface area contributed by atoms with Crippen molar-refractivity contribution in [2.24, 2.45) is 0 Å². The van der Waals surface area contributed by atoms with Crippen LogP contribution in [-0.4, -0.2) is 20.0 Å². The highest BCUT2D eigenvalue weighted by atomic mass is 16.5. The van der Waals surface area contributed by atoms with Crippen LogP contribution in [0, 0.1) is 0 Å². The molecule has 1 aliphatic rings. The molecule has 1 aliphatic carbocycles. The minimum atomic E-state index is 0.271. The molecular weight excluding hydrogens is 240 g/mol. The maximum Gasteiger partial charge on any atom is 0.161 e. The molecule has 1 atom stereocenters. The van der Waals surface area contributed by atoms with E-state index >= 15 is 0 Å². The molecule has 0 amide bonds. The third-order valence-corrected chi connectivity index (χ3v) is 3.93. The number of ether oxygens (including phenoxy) is 2. The van der Waals surface area contributed by atoms with Crippen molar-refractivity contribution in [2.45, 2.75) is 44.9 Å². The van der Waals surface area contributed by atoms with Gasteiger partial charge < -0.3 is 14.3 Å². The average molecular weight is 262 g/mol. The second kappa shape index (κ2) is 6.09. The van der Waals surface area contributed by atoms with Crippen LogP contribution >= 0.6 is 0 Å². The summed E-state index contributed by atoms with van der Waals surface area (Å²) in [6.07, 6.45) is 5.04. The lowest BCUT2D eigenvalue weighted by atomic mass is 9.80. The Kier molecular flexibility index (Phi) is 4.46. The number of ketones is 1. The van der Waals surface area contributed by atoms with Gasteiger partial charge in [-0.15, -0.1) is 0 Å². The number of aryl methyl sites for hydroxylation is 1. The lowest BCUT2D eigenvalue weighted by molar-refractivity contribution is -0.117. The predicted molar refractivity (Wildman–Crippen MR) is 75.1 cm³/mol. The van der Waals surface area contributed by atoms with Crippen molar-refractivity contribution in [3.63, 3.8) is 0 Å². The van der Waals surface area contributed by atoms with Gasteiger partial charge in [0.05, 0.1) is 14.2 Å². The summed E-state index contributed by atoms with van der Waals surface area (Å²) in [6.45, 7) is 1.67. The summed E-state index contributed by atoms with van der Waals surface area (Å²) in [5.74, 6) is 2.34. The molecule has 0 saturated carbocycles. The second-order valence-corrected chi connectivity index (χ2v) is 5.24.